The van der Waals surface area contributed by atoms with Gasteiger partial charge in [-0.15, -0.1) is 24.0 Å². The molecule has 25 heavy (non-hydrogen) atoms. The molecule has 0 aliphatic carbocycles. The second-order valence-corrected chi connectivity index (χ2v) is 9.26. The van der Waals surface area contributed by atoms with Crippen LogP contribution in [-0.2, 0) is 14.6 Å². The molecule has 0 bridgehead atoms. The minimum absolute atomic E-state index is 0. The lowest BCUT2D eigenvalue weighted by Gasteiger charge is -2.23. The number of amides is 1. The van der Waals surface area contributed by atoms with Crippen molar-refractivity contribution >= 4 is 45.9 Å². The molecule has 1 aliphatic heterocycles. The Labute approximate surface area is 168 Å². The summed E-state index contributed by atoms with van der Waals surface area (Å²) >= 11 is 0. The SMILES string of the molecule is CCS(=O)(=O)CCNC(=NC)N1CCC(NC(=O)OC(C)(C)C)C1.I. The number of nitrogens with zero attached hydrogens (tertiary/aromatic N) is 2. The van der Waals surface area contributed by atoms with Gasteiger partial charge in [0.2, 0.25) is 0 Å². The van der Waals surface area contributed by atoms with Gasteiger partial charge in [0.1, 0.15) is 5.60 Å². The third-order valence-corrected chi connectivity index (χ3v) is 5.26. The van der Waals surface area contributed by atoms with Crippen molar-refractivity contribution in [3.05, 3.63) is 0 Å². The standard InChI is InChI=1S/C15H30N4O4S.HI/c1-6-24(21,22)10-8-17-13(16-5)19-9-7-12(11-19)18-14(20)23-15(2,3)4;/h12H,6-11H2,1-5H3,(H,16,17)(H,18,20);1H. The summed E-state index contributed by atoms with van der Waals surface area (Å²) in [6.45, 7) is 8.78. The van der Waals surface area contributed by atoms with Crippen LogP contribution in [0.1, 0.15) is 34.1 Å². The fraction of sp³-hybridized carbons (Fsp3) is 0.867. The van der Waals surface area contributed by atoms with E-state index < -0.39 is 21.5 Å². The number of rotatable bonds is 5. The fourth-order valence-electron chi connectivity index (χ4n) is 2.34. The van der Waals surface area contributed by atoms with E-state index in [1.807, 2.05) is 25.7 Å². The number of carbonyl (C=O) groups excluding carboxylic acids is 1. The van der Waals surface area contributed by atoms with Crippen molar-refractivity contribution in [3.63, 3.8) is 0 Å². The van der Waals surface area contributed by atoms with Crippen molar-refractivity contribution in [2.75, 3.05) is 38.2 Å². The topological polar surface area (TPSA) is 100 Å². The summed E-state index contributed by atoms with van der Waals surface area (Å²) in [5.74, 6) is 0.865. The van der Waals surface area contributed by atoms with Crippen molar-refractivity contribution < 1.29 is 17.9 Å². The molecule has 1 saturated heterocycles. The number of sulfone groups is 1. The Morgan fingerprint density at radius 3 is 2.52 bits per heavy atom. The minimum Gasteiger partial charge on any atom is -0.444 e. The Morgan fingerprint density at radius 2 is 2.00 bits per heavy atom. The normalized spacial score (nSPS) is 18.5. The first-order valence-corrected chi connectivity index (χ1v) is 10.0. The zero-order chi connectivity index (χ0) is 18.4. The van der Waals surface area contributed by atoms with Gasteiger partial charge in [-0.1, -0.05) is 6.92 Å². The van der Waals surface area contributed by atoms with E-state index in [2.05, 4.69) is 15.6 Å². The van der Waals surface area contributed by atoms with Crippen LogP contribution in [0.2, 0.25) is 0 Å². The van der Waals surface area contributed by atoms with Crippen molar-refractivity contribution in [2.45, 2.75) is 45.8 Å². The van der Waals surface area contributed by atoms with Gasteiger partial charge >= 0.3 is 6.09 Å². The molecule has 1 rings (SSSR count). The Hall–Kier alpha value is -0.780. The summed E-state index contributed by atoms with van der Waals surface area (Å²) < 4.78 is 28.3. The first-order chi connectivity index (χ1) is 11.1. The molecule has 2 N–H and O–H groups in total. The van der Waals surface area contributed by atoms with E-state index >= 15 is 0 Å². The van der Waals surface area contributed by atoms with E-state index in [0.29, 0.717) is 19.0 Å². The Morgan fingerprint density at radius 1 is 1.36 bits per heavy atom. The minimum atomic E-state index is -3.00. The van der Waals surface area contributed by atoms with E-state index in [0.717, 1.165) is 13.0 Å². The van der Waals surface area contributed by atoms with Crippen LogP contribution in [0.3, 0.4) is 0 Å². The quantitative estimate of drug-likeness (QED) is 0.342. The molecule has 8 nitrogen and oxygen atoms in total. The predicted molar refractivity (Wildman–Crippen MR) is 110 cm³/mol. The number of hydrogen-bond acceptors (Lipinski definition) is 5. The molecule has 0 spiro atoms. The lowest BCUT2D eigenvalue weighted by Crippen LogP contribution is -2.45. The highest BCUT2D eigenvalue weighted by Crippen LogP contribution is 2.11. The highest BCUT2D eigenvalue weighted by molar-refractivity contribution is 14.0. The average Bonchev–Trinajstić information content (AvgIpc) is 2.89. The van der Waals surface area contributed by atoms with E-state index in [-0.39, 0.29) is 41.5 Å². The summed E-state index contributed by atoms with van der Waals surface area (Å²) in [5.41, 5.74) is -0.523. The Kier molecular flexibility index (Phi) is 10.1. The molecular weight excluding hydrogens is 459 g/mol. The zero-order valence-electron chi connectivity index (χ0n) is 15.7. The van der Waals surface area contributed by atoms with Crippen molar-refractivity contribution in [1.29, 1.82) is 0 Å². The number of alkyl carbamates (subject to hydrolysis) is 1. The molecule has 0 radical (unpaired) electrons. The van der Waals surface area contributed by atoms with Crippen LogP contribution in [0.5, 0.6) is 0 Å². The molecule has 1 aliphatic rings. The molecule has 0 aromatic carbocycles. The summed E-state index contributed by atoms with van der Waals surface area (Å²) in [4.78, 5) is 18.0. The monoisotopic (exact) mass is 490 g/mol. The lowest BCUT2D eigenvalue weighted by atomic mass is 10.2. The summed E-state index contributed by atoms with van der Waals surface area (Å²) in [6.07, 6.45) is 0.360. The van der Waals surface area contributed by atoms with Gasteiger partial charge in [0, 0.05) is 32.4 Å². The number of guanidine groups is 1. The molecule has 10 heteroatoms. The number of aliphatic imine (C=N–C) groups is 1. The number of halogens is 1. The molecule has 1 atom stereocenters. The lowest BCUT2D eigenvalue weighted by molar-refractivity contribution is 0.0507. The average molecular weight is 490 g/mol. The first-order valence-electron chi connectivity index (χ1n) is 8.22. The van der Waals surface area contributed by atoms with E-state index in [1.54, 1.807) is 14.0 Å². The Balaban J connectivity index is 0.00000576. The van der Waals surface area contributed by atoms with Crippen LogP contribution in [0.4, 0.5) is 4.79 Å². The van der Waals surface area contributed by atoms with Gasteiger partial charge in [-0.2, -0.15) is 0 Å². The third kappa shape index (κ3) is 9.47. The molecule has 1 amide bonds. The van der Waals surface area contributed by atoms with Gasteiger partial charge in [-0.25, -0.2) is 13.2 Å². The maximum absolute atomic E-state index is 11.8. The summed E-state index contributed by atoms with van der Waals surface area (Å²) in [7, 11) is -1.34. The van der Waals surface area contributed by atoms with Crippen LogP contribution < -0.4 is 10.6 Å². The Bertz CT molecular complexity index is 560. The molecule has 0 saturated carbocycles. The van der Waals surface area contributed by atoms with Gasteiger partial charge < -0.3 is 20.3 Å². The predicted octanol–water partition coefficient (Wildman–Crippen LogP) is 1.21. The molecule has 1 unspecified atom stereocenters. The molecule has 0 aromatic heterocycles. The maximum Gasteiger partial charge on any atom is 0.407 e. The third-order valence-electron chi connectivity index (χ3n) is 3.56. The maximum atomic E-state index is 11.8. The number of likely N-dealkylation sites (tertiary alicyclic amines) is 1. The highest BCUT2D eigenvalue weighted by atomic mass is 127. The van der Waals surface area contributed by atoms with Crippen LogP contribution in [0.25, 0.3) is 0 Å². The van der Waals surface area contributed by atoms with Gasteiger partial charge in [0.15, 0.2) is 15.8 Å². The molecule has 1 fully saturated rings. The van der Waals surface area contributed by atoms with Gasteiger partial charge in [-0.05, 0) is 27.2 Å². The van der Waals surface area contributed by atoms with Crippen molar-refractivity contribution in [3.8, 4) is 0 Å². The van der Waals surface area contributed by atoms with Crippen LogP contribution in [0, 0.1) is 0 Å². The second kappa shape index (κ2) is 10.4. The van der Waals surface area contributed by atoms with Crippen LogP contribution in [0.15, 0.2) is 4.99 Å². The molecule has 148 valence electrons. The van der Waals surface area contributed by atoms with Crippen LogP contribution in [-0.4, -0.2) is 75.2 Å². The first kappa shape index (κ1) is 24.2. The van der Waals surface area contributed by atoms with E-state index in [9.17, 15) is 13.2 Å². The summed E-state index contributed by atoms with van der Waals surface area (Å²) in [5, 5.41) is 5.92. The van der Waals surface area contributed by atoms with Crippen molar-refractivity contribution in [2.24, 2.45) is 4.99 Å². The summed E-state index contributed by atoms with van der Waals surface area (Å²) in [6, 6.07) is -0.0159. The number of ether oxygens (including phenoxy) is 1. The van der Waals surface area contributed by atoms with Gasteiger partial charge in [0.05, 0.1) is 11.8 Å². The number of hydrogen-bond donors (Lipinski definition) is 2. The van der Waals surface area contributed by atoms with Gasteiger partial charge in [-0.3, -0.25) is 4.99 Å². The smallest absolute Gasteiger partial charge is 0.407 e. The molecule has 0 aromatic rings. The largest absolute Gasteiger partial charge is 0.444 e. The van der Waals surface area contributed by atoms with E-state index in [1.165, 1.54) is 0 Å². The zero-order valence-corrected chi connectivity index (χ0v) is 18.8. The second-order valence-electron chi connectivity index (χ2n) is 6.79. The fourth-order valence-corrected chi connectivity index (χ4v) is 3.04. The highest BCUT2D eigenvalue weighted by Gasteiger charge is 2.27. The molecular formula is C15H31IN4O4S. The van der Waals surface area contributed by atoms with Crippen LogP contribution >= 0.6 is 24.0 Å². The van der Waals surface area contributed by atoms with E-state index in [4.69, 9.17) is 4.74 Å². The molecule has 1 heterocycles. The van der Waals surface area contributed by atoms with Gasteiger partial charge in [0.25, 0.3) is 0 Å². The van der Waals surface area contributed by atoms with Crippen molar-refractivity contribution in [1.82, 2.24) is 15.5 Å². The number of carbonyl (C=O) groups is 1. The number of nitrogens with one attached hydrogen (secondary N) is 2.